The molecular weight excluding hydrogens is 382 g/mol. The molecule has 28 heavy (non-hydrogen) atoms. The van der Waals surface area contributed by atoms with E-state index in [1.54, 1.807) is 18.2 Å². The highest BCUT2D eigenvalue weighted by Gasteiger charge is 2.15. The van der Waals surface area contributed by atoms with Crippen molar-refractivity contribution in [2.45, 2.75) is 0 Å². The van der Waals surface area contributed by atoms with Gasteiger partial charge in [0.25, 0.3) is 0 Å². The molecule has 1 heterocycles. The molecule has 8 heteroatoms. The number of ether oxygens (including phenoxy) is 3. The minimum atomic E-state index is -0.543. The molecule has 3 aromatic rings. The van der Waals surface area contributed by atoms with Crippen molar-refractivity contribution >= 4 is 40.3 Å². The molecule has 3 rings (SSSR count). The molecule has 0 unspecified atom stereocenters. The molecule has 1 N–H and O–H groups in total. The molecule has 0 radical (unpaired) electrons. The number of para-hydroxylation sites is 2. The zero-order valence-electron chi connectivity index (χ0n) is 15.2. The molecule has 0 fully saturated rings. The van der Waals surface area contributed by atoms with E-state index < -0.39 is 5.97 Å². The summed E-state index contributed by atoms with van der Waals surface area (Å²) in [5.41, 5.74) is 2.54. The van der Waals surface area contributed by atoms with Crippen molar-refractivity contribution in [1.29, 1.82) is 5.26 Å². The normalized spacial score (nSPS) is 11.1. The van der Waals surface area contributed by atoms with Crippen LogP contribution in [0, 0.1) is 11.3 Å². The second-order valence-electron chi connectivity index (χ2n) is 5.67. The number of carbonyl (C=O) groups is 1. The van der Waals surface area contributed by atoms with Gasteiger partial charge in [0.05, 0.1) is 35.8 Å². The van der Waals surface area contributed by atoms with Gasteiger partial charge in [-0.3, -0.25) is 0 Å². The van der Waals surface area contributed by atoms with Gasteiger partial charge in [-0.1, -0.05) is 23.7 Å². The fourth-order valence-electron chi connectivity index (χ4n) is 2.55. The standard InChI is InChI=1S/C20H16ClN3O4/c1-26-17-9-12(8-14(21)19(17)28-11-18(25)27-2)7-13(10-22)20-23-15-5-3-4-6-16(15)24-20/h3-9H,11H2,1-2H3,(H,23,24)/b13-7-. The first-order valence-electron chi connectivity index (χ1n) is 8.19. The molecule has 7 nitrogen and oxygen atoms in total. The lowest BCUT2D eigenvalue weighted by Gasteiger charge is -2.12. The third-order valence-electron chi connectivity index (χ3n) is 3.89. The van der Waals surface area contributed by atoms with Crippen LogP contribution >= 0.6 is 11.6 Å². The molecule has 0 aliphatic heterocycles. The third kappa shape index (κ3) is 4.08. The summed E-state index contributed by atoms with van der Waals surface area (Å²) in [6, 6.07) is 12.9. The molecule has 0 atom stereocenters. The Bertz CT molecular complexity index is 1070. The van der Waals surface area contributed by atoms with Crippen molar-refractivity contribution in [3.8, 4) is 17.6 Å². The van der Waals surface area contributed by atoms with Crippen LogP contribution in [-0.4, -0.2) is 36.8 Å². The van der Waals surface area contributed by atoms with Gasteiger partial charge in [0, 0.05) is 0 Å². The summed E-state index contributed by atoms with van der Waals surface area (Å²) >= 11 is 6.28. The fraction of sp³-hybridized carbons (Fsp3) is 0.150. The molecular formula is C20H16ClN3O4. The monoisotopic (exact) mass is 397 g/mol. The van der Waals surface area contributed by atoms with Gasteiger partial charge in [-0.05, 0) is 35.9 Å². The lowest BCUT2D eigenvalue weighted by atomic mass is 10.1. The number of fused-ring (bicyclic) bond motifs is 1. The topological polar surface area (TPSA) is 97.2 Å². The van der Waals surface area contributed by atoms with Crippen molar-refractivity contribution in [2.24, 2.45) is 0 Å². The van der Waals surface area contributed by atoms with Crippen LogP contribution in [0.4, 0.5) is 0 Å². The third-order valence-corrected chi connectivity index (χ3v) is 4.17. The number of nitrogens with zero attached hydrogens (tertiary/aromatic N) is 2. The van der Waals surface area contributed by atoms with Crippen LogP contribution in [0.25, 0.3) is 22.7 Å². The SMILES string of the molecule is COC(=O)COc1c(Cl)cc(/C=C(/C#N)c2nc3ccccc3[nH]2)cc1OC. The first-order chi connectivity index (χ1) is 13.5. The number of benzene rings is 2. The number of esters is 1. The number of aromatic nitrogens is 2. The van der Waals surface area contributed by atoms with Crippen molar-refractivity contribution in [3.05, 3.63) is 52.8 Å². The Morgan fingerprint density at radius 2 is 2.11 bits per heavy atom. The van der Waals surface area contributed by atoms with E-state index in [0.29, 0.717) is 22.7 Å². The maximum absolute atomic E-state index is 11.3. The zero-order valence-corrected chi connectivity index (χ0v) is 15.9. The van der Waals surface area contributed by atoms with Crippen LogP contribution in [0.15, 0.2) is 36.4 Å². The number of methoxy groups -OCH3 is 2. The average molecular weight is 398 g/mol. The van der Waals surface area contributed by atoms with Gasteiger partial charge in [-0.25, -0.2) is 9.78 Å². The summed E-state index contributed by atoms with van der Waals surface area (Å²) in [5.74, 6) is 0.446. The number of nitrogens with one attached hydrogen (secondary N) is 1. The number of hydrogen-bond acceptors (Lipinski definition) is 6. The number of H-pyrrole nitrogens is 1. The zero-order chi connectivity index (χ0) is 20.1. The number of carbonyl (C=O) groups excluding carboxylic acids is 1. The van der Waals surface area contributed by atoms with E-state index in [1.807, 2.05) is 24.3 Å². The number of nitriles is 1. The highest BCUT2D eigenvalue weighted by atomic mass is 35.5. The van der Waals surface area contributed by atoms with E-state index >= 15 is 0 Å². The van der Waals surface area contributed by atoms with Gasteiger partial charge in [0.1, 0.15) is 11.9 Å². The quantitative estimate of drug-likeness (QED) is 0.501. The second-order valence-corrected chi connectivity index (χ2v) is 6.08. The predicted octanol–water partition coefficient (Wildman–Crippen LogP) is 3.84. The van der Waals surface area contributed by atoms with E-state index in [-0.39, 0.29) is 17.4 Å². The van der Waals surface area contributed by atoms with Gasteiger partial charge >= 0.3 is 5.97 Å². The Balaban J connectivity index is 1.96. The number of aromatic amines is 1. The average Bonchev–Trinajstić information content (AvgIpc) is 3.14. The predicted molar refractivity (Wildman–Crippen MR) is 105 cm³/mol. The Morgan fingerprint density at radius 3 is 2.79 bits per heavy atom. The van der Waals surface area contributed by atoms with Crippen LogP contribution in [0.1, 0.15) is 11.4 Å². The molecule has 0 amide bonds. The van der Waals surface area contributed by atoms with Crippen LogP contribution < -0.4 is 9.47 Å². The first kappa shape index (κ1) is 19.3. The number of hydrogen-bond donors (Lipinski definition) is 1. The maximum atomic E-state index is 11.3. The minimum absolute atomic E-state index is 0.217. The van der Waals surface area contributed by atoms with E-state index in [2.05, 4.69) is 20.8 Å². The van der Waals surface area contributed by atoms with Gasteiger partial charge in [0.2, 0.25) is 0 Å². The van der Waals surface area contributed by atoms with Gasteiger partial charge < -0.3 is 19.2 Å². The molecule has 0 bridgehead atoms. The summed E-state index contributed by atoms with van der Waals surface area (Å²) in [6.45, 7) is -0.301. The molecule has 0 aliphatic rings. The van der Waals surface area contributed by atoms with E-state index in [0.717, 1.165) is 11.0 Å². The van der Waals surface area contributed by atoms with Crippen molar-refractivity contribution in [1.82, 2.24) is 9.97 Å². The Hall–Kier alpha value is -3.50. The molecule has 0 saturated heterocycles. The maximum Gasteiger partial charge on any atom is 0.343 e. The summed E-state index contributed by atoms with van der Waals surface area (Å²) in [6.07, 6.45) is 1.64. The second kappa shape index (κ2) is 8.46. The number of rotatable bonds is 6. The van der Waals surface area contributed by atoms with E-state index in [9.17, 15) is 10.1 Å². The summed E-state index contributed by atoms with van der Waals surface area (Å²) < 4.78 is 15.2. The fourth-order valence-corrected chi connectivity index (χ4v) is 2.83. The molecule has 0 spiro atoms. The highest BCUT2D eigenvalue weighted by Crippen LogP contribution is 2.37. The Morgan fingerprint density at radius 1 is 1.32 bits per heavy atom. The molecule has 1 aromatic heterocycles. The van der Waals surface area contributed by atoms with E-state index in [1.165, 1.54) is 14.2 Å². The van der Waals surface area contributed by atoms with Crippen LogP contribution in [-0.2, 0) is 9.53 Å². The molecule has 2 aromatic carbocycles. The minimum Gasteiger partial charge on any atom is -0.493 e. The lowest BCUT2D eigenvalue weighted by Crippen LogP contribution is -2.13. The van der Waals surface area contributed by atoms with Crippen molar-refractivity contribution in [2.75, 3.05) is 20.8 Å². The highest BCUT2D eigenvalue weighted by molar-refractivity contribution is 6.32. The Kier molecular flexibility index (Phi) is 5.82. The van der Waals surface area contributed by atoms with Crippen LogP contribution in [0.5, 0.6) is 11.5 Å². The smallest absolute Gasteiger partial charge is 0.343 e. The first-order valence-corrected chi connectivity index (χ1v) is 8.57. The molecule has 0 saturated carbocycles. The number of halogens is 1. The number of imidazole rings is 1. The molecule has 0 aliphatic carbocycles. The Labute approximate surface area is 166 Å². The van der Waals surface area contributed by atoms with Gasteiger partial charge in [0.15, 0.2) is 18.1 Å². The summed E-state index contributed by atoms with van der Waals surface area (Å²) in [4.78, 5) is 18.8. The largest absolute Gasteiger partial charge is 0.493 e. The summed E-state index contributed by atoms with van der Waals surface area (Å²) in [5, 5.41) is 9.80. The van der Waals surface area contributed by atoms with Gasteiger partial charge in [-0.2, -0.15) is 5.26 Å². The van der Waals surface area contributed by atoms with Crippen molar-refractivity contribution < 1.29 is 19.0 Å². The van der Waals surface area contributed by atoms with Crippen LogP contribution in [0.2, 0.25) is 5.02 Å². The summed E-state index contributed by atoms with van der Waals surface area (Å²) in [7, 11) is 2.72. The van der Waals surface area contributed by atoms with Crippen molar-refractivity contribution in [3.63, 3.8) is 0 Å². The molecule has 142 valence electrons. The van der Waals surface area contributed by atoms with Gasteiger partial charge in [-0.15, -0.1) is 0 Å². The van der Waals surface area contributed by atoms with Crippen LogP contribution in [0.3, 0.4) is 0 Å². The van der Waals surface area contributed by atoms with E-state index in [4.69, 9.17) is 21.1 Å². The lowest BCUT2D eigenvalue weighted by molar-refractivity contribution is -0.142. The number of allylic oxidation sites excluding steroid dienone is 1.